The Kier molecular flexibility index (Phi) is 7.46. The molecule has 0 unspecified atom stereocenters. The largest absolute Gasteiger partial charge is 0.309 e. The van der Waals surface area contributed by atoms with Crippen LogP contribution < -0.4 is 0 Å². The van der Waals surface area contributed by atoms with E-state index in [1.165, 1.54) is 116 Å². The van der Waals surface area contributed by atoms with Crippen molar-refractivity contribution in [2.75, 3.05) is 0 Å². The van der Waals surface area contributed by atoms with E-state index < -0.39 is 0 Å². The molecule has 0 aliphatic heterocycles. The van der Waals surface area contributed by atoms with Gasteiger partial charge in [-0.2, -0.15) is 0 Å². The van der Waals surface area contributed by atoms with E-state index in [1.807, 2.05) is 0 Å². The van der Waals surface area contributed by atoms with Crippen LogP contribution >= 0.6 is 0 Å². The monoisotopic (exact) mass is 813 g/mol. The average Bonchev–Trinajstić information content (AvgIpc) is 4.11. The highest BCUT2D eigenvalue weighted by atomic mass is 15.0. The van der Waals surface area contributed by atoms with Gasteiger partial charge in [0.2, 0.25) is 0 Å². The number of hydrogen-bond donors (Lipinski definition) is 0. The summed E-state index contributed by atoms with van der Waals surface area (Å²) >= 11 is 0. The molecule has 0 bridgehead atoms. The van der Waals surface area contributed by atoms with Gasteiger partial charge < -0.3 is 13.7 Å². The Morgan fingerprint density at radius 2 is 0.672 bits per heavy atom. The van der Waals surface area contributed by atoms with Crippen LogP contribution in [-0.4, -0.2) is 13.7 Å². The number of fused-ring (bicyclic) bond motifs is 13. The quantitative estimate of drug-likeness (QED) is 0.164. The van der Waals surface area contributed by atoms with E-state index in [-0.39, 0.29) is 0 Å². The van der Waals surface area contributed by atoms with Crippen molar-refractivity contribution in [3.8, 4) is 50.4 Å². The number of benzene rings is 10. The molecule has 0 spiro atoms. The van der Waals surface area contributed by atoms with Gasteiger partial charge in [0.05, 0.1) is 33.1 Å². The van der Waals surface area contributed by atoms with Crippen molar-refractivity contribution in [1.82, 2.24) is 13.7 Å². The molecular weight excluding hydrogens is 775 g/mol. The van der Waals surface area contributed by atoms with Gasteiger partial charge in [-0.3, -0.25) is 0 Å². The highest BCUT2D eigenvalue weighted by Crippen LogP contribution is 2.47. The first-order chi connectivity index (χ1) is 31.8. The maximum atomic E-state index is 2.48. The van der Waals surface area contributed by atoms with Crippen molar-refractivity contribution in [3.63, 3.8) is 0 Å². The fourth-order valence-corrected chi connectivity index (χ4v) is 11.2. The van der Waals surface area contributed by atoms with Crippen molar-refractivity contribution >= 4 is 65.4 Å². The van der Waals surface area contributed by atoms with Crippen LogP contribution in [0.1, 0.15) is 11.1 Å². The Hall–Kier alpha value is -8.40. The third kappa shape index (κ3) is 4.98. The van der Waals surface area contributed by atoms with Crippen LogP contribution in [0.5, 0.6) is 0 Å². The molecule has 298 valence electrons. The molecule has 0 saturated heterocycles. The maximum absolute atomic E-state index is 2.48. The molecule has 0 amide bonds. The van der Waals surface area contributed by atoms with E-state index in [0.717, 1.165) is 17.8 Å². The van der Waals surface area contributed by atoms with Crippen LogP contribution in [0.2, 0.25) is 0 Å². The number of rotatable bonds is 5. The Balaban J connectivity index is 0.953. The first-order valence-corrected chi connectivity index (χ1v) is 22.2. The molecule has 0 N–H and O–H groups in total. The predicted octanol–water partition coefficient (Wildman–Crippen LogP) is 15.9. The van der Waals surface area contributed by atoms with Crippen LogP contribution in [0.25, 0.3) is 116 Å². The lowest BCUT2D eigenvalue weighted by Gasteiger charge is -2.13. The van der Waals surface area contributed by atoms with Crippen LogP contribution in [0.3, 0.4) is 0 Å². The van der Waals surface area contributed by atoms with Gasteiger partial charge in [-0.15, -0.1) is 0 Å². The summed E-state index contributed by atoms with van der Waals surface area (Å²) in [7, 11) is 0. The Morgan fingerprint density at radius 3 is 1.31 bits per heavy atom. The fraction of sp³-hybridized carbons (Fsp3) is 0.0164. The molecule has 10 aromatic carbocycles. The van der Waals surface area contributed by atoms with E-state index in [4.69, 9.17) is 0 Å². The smallest absolute Gasteiger partial charge is 0.0548 e. The highest BCUT2D eigenvalue weighted by molar-refractivity contribution is 6.29. The van der Waals surface area contributed by atoms with E-state index in [1.54, 1.807) is 0 Å². The van der Waals surface area contributed by atoms with Crippen LogP contribution in [-0.2, 0) is 6.42 Å². The van der Waals surface area contributed by atoms with Crippen LogP contribution in [0.4, 0.5) is 0 Å². The Labute approximate surface area is 369 Å². The molecule has 0 fully saturated rings. The van der Waals surface area contributed by atoms with Gasteiger partial charge in [-0.1, -0.05) is 152 Å². The molecule has 14 rings (SSSR count). The van der Waals surface area contributed by atoms with Crippen LogP contribution in [0.15, 0.2) is 224 Å². The van der Waals surface area contributed by atoms with Crippen molar-refractivity contribution in [1.29, 1.82) is 0 Å². The zero-order valence-electron chi connectivity index (χ0n) is 34.9. The SMILES string of the molecule is c1ccc(-c2cccc3c2Cc2c(-c4cccc(-n5c6ccccc6c6c7c8ccccc8n(-c8ccc9c(c8)c8ccccc8n9-c8ccccc8)c7ccc65)c4)cccc2-3)cc1. The first kappa shape index (κ1) is 35.2. The molecule has 3 aromatic heterocycles. The summed E-state index contributed by atoms with van der Waals surface area (Å²) in [6.07, 6.45) is 0.912. The van der Waals surface area contributed by atoms with Gasteiger partial charge in [0.25, 0.3) is 0 Å². The lowest BCUT2D eigenvalue weighted by molar-refractivity contribution is 1.16. The molecule has 0 radical (unpaired) electrons. The van der Waals surface area contributed by atoms with E-state index in [2.05, 4.69) is 238 Å². The molecule has 3 heterocycles. The highest BCUT2D eigenvalue weighted by Gasteiger charge is 2.26. The number of nitrogens with zero attached hydrogens (tertiary/aromatic N) is 3. The first-order valence-electron chi connectivity index (χ1n) is 22.2. The van der Waals surface area contributed by atoms with Crippen LogP contribution in [0, 0.1) is 0 Å². The number of para-hydroxylation sites is 4. The minimum absolute atomic E-state index is 0.912. The summed E-state index contributed by atoms with van der Waals surface area (Å²) in [5.41, 5.74) is 21.3. The number of aromatic nitrogens is 3. The Morgan fingerprint density at radius 1 is 0.250 bits per heavy atom. The van der Waals surface area contributed by atoms with Crippen molar-refractivity contribution in [2.45, 2.75) is 6.42 Å². The van der Waals surface area contributed by atoms with Gasteiger partial charge in [0, 0.05) is 49.4 Å². The van der Waals surface area contributed by atoms with E-state index in [9.17, 15) is 0 Å². The van der Waals surface area contributed by atoms with E-state index in [0.29, 0.717) is 0 Å². The topological polar surface area (TPSA) is 14.8 Å². The third-order valence-corrected chi connectivity index (χ3v) is 13.9. The maximum Gasteiger partial charge on any atom is 0.0548 e. The summed E-state index contributed by atoms with van der Waals surface area (Å²) in [4.78, 5) is 0. The van der Waals surface area contributed by atoms with Gasteiger partial charge in [-0.05, 0) is 124 Å². The second kappa shape index (κ2) is 13.5. The normalized spacial score (nSPS) is 12.3. The minimum atomic E-state index is 0.912. The molecule has 13 aromatic rings. The molecular formula is C61H39N3. The minimum Gasteiger partial charge on any atom is -0.309 e. The lowest BCUT2D eigenvalue weighted by Crippen LogP contribution is -1.96. The molecule has 64 heavy (non-hydrogen) atoms. The summed E-state index contributed by atoms with van der Waals surface area (Å²) in [5.74, 6) is 0. The molecule has 1 aliphatic rings. The van der Waals surface area contributed by atoms with Gasteiger partial charge in [0.1, 0.15) is 0 Å². The summed E-state index contributed by atoms with van der Waals surface area (Å²) < 4.78 is 7.34. The van der Waals surface area contributed by atoms with E-state index >= 15 is 0 Å². The Bertz CT molecular complexity index is 4030. The van der Waals surface area contributed by atoms with Gasteiger partial charge >= 0.3 is 0 Å². The van der Waals surface area contributed by atoms with Crippen molar-refractivity contribution in [3.05, 3.63) is 236 Å². The molecule has 1 aliphatic carbocycles. The fourth-order valence-electron chi connectivity index (χ4n) is 11.2. The zero-order valence-corrected chi connectivity index (χ0v) is 34.9. The molecule has 0 atom stereocenters. The second-order valence-corrected chi connectivity index (χ2v) is 17.2. The predicted molar refractivity (Wildman–Crippen MR) is 269 cm³/mol. The summed E-state index contributed by atoms with van der Waals surface area (Å²) in [5, 5.41) is 7.55. The standard InChI is InChI=1S/C61H39N3/c1-3-16-39(17-4-1)44-25-14-27-46-47-28-15-26-45(52(47)38-51(44)46)40-18-13-21-42(36-40)63-55-30-11-8-23-49(55)60-58(63)34-35-59-61(60)50-24-9-12-31-56(50)64(59)43-32-33-57-53(37-43)48-22-7-10-29-54(48)62(57)41-19-5-2-6-20-41/h1-37H,38H2. The number of hydrogen-bond acceptors (Lipinski definition) is 0. The summed E-state index contributed by atoms with van der Waals surface area (Å²) in [6.45, 7) is 0. The molecule has 3 heteroatoms. The summed E-state index contributed by atoms with van der Waals surface area (Å²) in [6, 6.07) is 82.7. The van der Waals surface area contributed by atoms with Gasteiger partial charge in [-0.25, -0.2) is 0 Å². The molecule has 0 saturated carbocycles. The van der Waals surface area contributed by atoms with Crippen molar-refractivity contribution in [2.24, 2.45) is 0 Å². The molecule has 3 nitrogen and oxygen atoms in total. The average molecular weight is 814 g/mol. The van der Waals surface area contributed by atoms with Gasteiger partial charge in [0.15, 0.2) is 0 Å². The zero-order chi connectivity index (χ0) is 41.9. The lowest BCUT2D eigenvalue weighted by atomic mass is 9.95. The second-order valence-electron chi connectivity index (χ2n) is 17.2. The third-order valence-electron chi connectivity index (χ3n) is 13.9. The van der Waals surface area contributed by atoms with Crippen molar-refractivity contribution < 1.29 is 0 Å².